The lowest BCUT2D eigenvalue weighted by Gasteiger charge is -2.04. The van der Waals surface area contributed by atoms with Gasteiger partial charge in [-0.2, -0.15) is 10.1 Å². The fourth-order valence-electron chi connectivity index (χ4n) is 1.46. The summed E-state index contributed by atoms with van der Waals surface area (Å²) < 4.78 is 6.66. The van der Waals surface area contributed by atoms with E-state index in [9.17, 15) is 4.79 Å². The third-order valence-electron chi connectivity index (χ3n) is 2.21. The molecule has 1 amide bonds. The second kappa shape index (κ2) is 4.74. The van der Waals surface area contributed by atoms with Gasteiger partial charge < -0.3 is 16.2 Å². The van der Waals surface area contributed by atoms with Crippen LogP contribution in [0.3, 0.4) is 0 Å². The number of nitrogen functional groups attached to an aromatic ring is 1. The van der Waals surface area contributed by atoms with Crippen molar-refractivity contribution >= 4 is 11.6 Å². The molecule has 0 spiro atoms. The van der Waals surface area contributed by atoms with Crippen molar-refractivity contribution in [2.24, 2.45) is 5.73 Å². The first-order valence-electron chi connectivity index (χ1n) is 5.37. The molecule has 2 aromatic heterocycles. The van der Waals surface area contributed by atoms with Gasteiger partial charge in [-0.25, -0.2) is 4.68 Å². The Kier molecular flexibility index (Phi) is 3.13. The highest BCUT2D eigenvalue weighted by molar-refractivity contribution is 5.95. The highest BCUT2D eigenvalue weighted by Crippen LogP contribution is 2.15. The number of rotatable bonds is 4. The Morgan fingerprint density at radius 1 is 1.50 bits per heavy atom. The molecule has 0 atom stereocenters. The van der Waals surface area contributed by atoms with Crippen molar-refractivity contribution in [3.05, 3.63) is 30.1 Å². The fraction of sp³-hybridized carbons (Fsp3) is 0.182. The molecular formula is C11H13N5O2. The number of ether oxygens (including phenoxy) is 1. The van der Waals surface area contributed by atoms with E-state index in [0.29, 0.717) is 18.3 Å². The summed E-state index contributed by atoms with van der Waals surface area (Å²) in [6.07, 6.45) is 1.48. The number of pyridine rings is 1. The largest absolute Gasteiger partial charge is 0.478 e. The number of aromatic nitrogens is 3. The van der Waals surface area contributed by atoms with Crippen molar-refractivity contribution in [1.29, 1.82) is 0 Å². The van der Waals surface area contributed by atoms with Crippen LogP contribution in [0.2, 0.25) is 0 Å². The Morgan fingerprint density at radius 2 is 2.28 bits per heavy atom. The van der Waals surface area contributed by atoms with Crippen LogP contribution in [0.5, 0.6) is 5.88 Å². The summed E-state index contributed by atoms with van der Waals surface area (Å²) in [5, 5.41) is 3.98. The van der Waals surface area contributed by atoms with Gasteiger partial charge in [0, 0.05) is 6.07 Å². The van der Waals surface area contributed by atoms with Crippen LogP contribution in [-0.2, 0) is 0 Å². The minimum atomic E-state index is -0.674. The molecule has 0 aromatic carbocycles. The monoisotopic (exact) mass is 247 g/mol. The third kappa shape index (κ3) is 2.24. The van der Waals surface area contributed by atoms with E-state index >= 15 is 0 Å². The molecule has 7 heteroatoms. The molecule has 94 valence electrons. The second-order valence-corrected chi connectivity index (χ2v) is 3.51. The number of carbonyl (C=O) groups excluding carboxylic acids is 1. The molecule has 0 aliphatic rings. The van der Waals surface area contributed by atoms with Gasteiger partial charge in [-0.05, 0) is 13.0 Å². The van der Waals surface area contributed by atoms with Crippen molar-refractivity contribution in [3.8, 4) is 11.7 Å². The van der Waals surface area contributed by atoms with Gasteiger partial charge in [0.15, 0.2) is 11.5 Å². The van der Waals surface area contributed by atoms with Gasteiger partial charge in [0.2, 0.25) is 5.88 Å². The van der Waals surface area contributed by atoms with Crippen LogP contribution in [-0.4, -0.2) is 27.3 Å². The van der Waals surface area contributed by atoms with Crippen LogP contribution in [0.1, 0.15) is 17.4 Å². The molecule has 0 bridgehead atoms. The number of primary amides is 1. The maximum atomic E-state index is 11.1. The molecule has 0 fully saturated rings. The van der Waals surface area contributed by atoms with Crippen LogP contribution in [0.15, 0.2) is 24.4 Å². The number of hydrogen-bond donors (Lipinski definition) is 2. The van der Waals surface area contributed by atoms with Crippen molar-refractivity contribution in [2.45, 2.75) is 6.92 Å². The molecule has 0 aliphatic heterocycles. The topological polar surface area (TPSA) is 109 Å². The molecule has 7 nitrogen and oxygen atoms in total. The SMILES string of the molecule is CCOc1cccc(-n2cc(N)c(C(N)=O)n2)n1. The van der Waals surface area contributed by atoms with Gasteiger partial charge in [0.25, 0.3) is 5.91 Å². The average Bonchev–Trinajstić information content (AvgIpc) is 2.72. The summed E-state index contributed by atoms with van der Waals surface area (Å²) in [4.78, 5) is 15.3. The normalized spacial score (nSPS) is 10.3. The molecule has 18 heavy (non-hydrogen) atoms. The molecule has 2 rings (SSSR count). The molecule has 0 unspecified atom stereocenters. The van der Waals surface area contributed by atoms with Gasteiger partial charge in [-0.1, -0.05) is 6.07 Å². The zero-order chi connectivity index (χ0) is 13.1. The molecule has 2 aromatic rings. The van der Waals surface area contributed by atoms with Crippen LogP contribution in [0, 0.1) is 0 Å². The average molecular weight is 247 g/mol. The summed E-state index contributed by atoms with van der Waals surface area (Å²) in [7, 11) is 0. The summed E-state index contributed by atoms with van der Waals surface area (Å²) in [6, 6.07) is 5.23. The second-order valence-electron chi connectivity index (χ2n) is 3.51. The third-order valence-corrected chi connectivity index (χ3v) is 2.21. The molecule has 0 saturated heterocycles. The zero-order valence-corrected chi connectivity index (χ0v) is 9.83. The standard InChI is InChI=1S/C11H13N5O2/c1-2-18-9-5-3-4-8(14-9)16-6-7(12)10(15-16)11(13)17/h3-6H,2,12H2,1H3,(H2,13,17). The highest BCUT2D eigenvalue weighted by Gasteiger charge is 2.12. The van der Waals surface area contributed by atoms with Gasteiger partial charge >= 0.3 is 0 Å². The minimum Gasteiger partial charge on any atom is -0.478 e. The fourth-order valence-corrected chi connectivity index (χ4v) is 1.46. The molecular weight excluding hydrogens is 234 g/mol. The lowest BCUT2D eigenvalue weighted by Crippen LogP contribution is -2.14. The molecule has 2 heterocycles. The van der Waals surface area contributed by atoms with Gasteiger partial charge in [-0.15, -0.1) is 0 Å². The Labute approximate surface area is 103 Å². The highest BCUT2D eigenvalue weighted by atomic mass is 16.5. The molecule has 0 saturated carbocycles. The predicted molar refractivity (Wildman–Crippen MR) is 65.5 cm³/mol. The molecule has 0 aliphatic carbocycles. The summed E-state index contributed by atoms with van der Waals surface area (Å²) in [5.41, 5.74) is 11.0. The van der Waals surface area contributed by atoms with E-state index in [4.69, 9.17) is 16.2 Å². The smallest absolute Gasteiger partial charge is 0.271 e. The Balaban J connectivity index is 2.39. The molecule has 4 N–H and O–H groups in total. The maximum absolute atomic E-state index is 11.1. The van der Waals surface area contributed by atoms with Crippen molar-refractivity contribution in [1.82, 2.24) is 14.8 Å². The lowest BCUT2D eigenvalue weighted by atomic mass is 10.4. The van der Waals surface area contributed by atoms with Gasteiger partial charge in [-0.3, -0.25) is 4.79 Å². The lowest BCUT2D eigenvalue weighted by molar-refractivity contribution is 0.0996. The maximum Gasteiger partial charge on any atom is 0.271 e. The first-order chi connectivity index (χ1) is 8.61. The quantitative estimate of drug-likeness (QED) is 0.810. The zero-order valence-electron chi connectivity index (χ0n) is 9.83. The van der Waals surface area contributed by atoms with Gasteiger partial charge in [0.05, 0.1) is 18.5 Å². The van der Waals surface area contributed by atoms with Crippen molar-refractivity contribution in [3.63, 3.8) is 0 Å². The predicted octanol–water partition coefficient (Wildman–Crippen LogP) is 0.347. The van der Waals surface area contributed by atoms with E-state index in [1.54, 1.807) is 18.2 Å². The number of nitrogens with zero attached hydrogens (tertiary/aromatic N) is 3. The summed E-state index contributed by atoms with van der Waals surface area (Å²) in [6.45, 7) is 2.38. The summed E-state index contributed by atoms with van der Waals surface area (Å²) in [5.74, 6) is 0.303. The van der Waals surface area contributed by atoms with E-state index in [-0.39, 0.29) is 11.4 Å². The van der Waals surface area contributed by atoms with E-state index in [2.05, 4.69) is 10.1 Å². The van der Waals surface area contributed by atoms with Crippen LogP contribution < -0.4 is 16.2 Å². The Bertz CT molecular complexity index is 579. The summed E-state index contributed by atoms with van der Waals surface area (Å²) >= 11 is 0. The minimum absolute atomic E-state index is 0.0265. The first-order valence-corrected chi connectivity index (χ1v) is 5.37. The van der Waals surface area contributed by atoms with E-state index < -0.39 is 5.91 Å². The van der Waals surface area contributed by atoms with Crippen LogP contribution in [0.4, 0.5) is 5.69 Å². The van der Waals surface area contributed by atoms with Crippen LogP contribution in [0.25, 0.3) is 5.82 Å². The van der Waals surface area contributed by atoms with Crippen molar-refractivity contribution < 1.29 is 9.53 Å². The van der Waals surface area contributed by atoms with E-state index in [1.165, 1.54) is 10.9 Å². The van der Waals surface area contributed by atoms with E-state index in [1.807, 2.05) is 6.92 Å². The number of amides is 1. The van der Waals surface area contributed by atoms with Gasteiger partial charge in [0.1, 0.15) is 0 Å². The number of carbonyl (C=O) groups is 1. The van der Waals surface area contributed by atoms with Crippen molar-refractivity contribution in [2.75, 3.05) is 12.3 Å². The molecule has 0 radical (unpaired) electrons. The Morgan fingerprint density at radius 3 is 2.89 bits per heavy atom. The number of nitrogens with two attached hydrogens (primary N) is 2. The number of hydrogen-bond acceptors (Lipinski definition) is 5. The number of anilines is 1. The van der Waals surface area contributed by atoms with E-state index in [0.717, 1.165) is 0 Å². The first kappa shape index (κ1) is 11.9. The van der Waals surface area contributed by atoms with Crippen LogP contribution >= 0.6 is 0 Å². The Hall–Kier alpha value is -2.57.